The first-order valence-electron chi connectivity index (χ1n) is 6.04. The highest BCUT2D eigenvalue weighted by Crippen LogP contribution is 2.13. The van der Waals surface area contributed by atoms with E-state index in [1.165, 1.54) is 11.3 Å². The summed E-state index contributed by atoms with van der Waals surface area (Å²) in [5.74, 6) is 0. The normalized spacial score (nSPS) is 26.9. The first-order chi connectivity index (χ1) is 7.66. The molecule has 1 N–H and O–H groups in total. The molecular weight excluding hydrogens is 198 g/mol. The highest BCUT2D eigenvalue weighted by Gasteiger charge is 2.22. The molecule has 0 spiro atoms. The first kappa shape index (κ1) is 11.6. The van der Waals surface area contributed by atoms with Gasteiger partial charge in [0, 0.05) is 37.9 Å². The van der Waals surface area contributed by atoms with E-state index in [0.717, 1.165) is 19.6 Å². The van der Waals surface area contributed by atoms with Gasteiger partial charge in [0.05, 0.1) is 5.69 Å². The molecular formula is C13H21N3. The molecule has 1 aliphatic rings. The van der Waals surface area contributed by atoms with Gasteiger partial charge in [-0.2, -0.15) is 0 Å². The van der Waals surface area contributed by atoms with E-state index in [-0.39, 0.29) is 0 Å². The van der Waals surface area contributed by atoms with Crippen LogP contribution in [-0.4, -0.2) is 35.1 Å². The maximum atomic E-state index is 4.47. The van der Waals surface area contributed by atoms with Gasteiger partial charge in [-0.05, 0) is 32.4 Å². The van der Waals surface area contributed by atoms with Crippen molar-refractivity contribution in [3.05, 3.63) is 29.6 Å². The van der Waals surface area contributed by atoms with Gasteiger partial charge in [0.1, 0.15) is 0 Å². The van der Waals surface area contributed by atoms with E-state index in [4.69, 9.17) is 0 Å². The molecule has 1 fully saturated rings. The Morgan fingerprint density at radius 3 is 3.06 bits per heavy atom. The van der Waals surface area contributed by atoms with Crippen LogP contribution in [0.5, 0.6) is 0 Å². The largest absolute Gasteiger partial charge is 0.311 e. The maximum Gasteiger partial charge on any atom is 0.0573 e. The fraction of sp³-hybridized carbons (Fsp3) is 0.615. The van der Waals surface area contributed by atoms with Gasteiger partial charge in [-0.25, -0.2) is 0 Å². The lowest BCUT2D eigenvalue weighted by atomic mass is 10.1. The summed E-state index contributed by atoms with van der Waals surface area (Å²) in [5, 5.41) is 3.50. The Bertz CT molecular complexity index is 351. The highest BCUT2D eigenvalue weighted by atomic mass is 15.2. The van der Waals surface area contributed by atoms with E-state index in [1.807, 2.05) is 12.3 Å². The van der Waals surface area contributed by atoms with Crippen LogP contribution in [0.15, 0.2) is 18.3 Å². The van der Waals surface area contributed by atoms with Gasteiger partial charge in [-0.3, -0.25) is 9.88 Å². The van der Waals surface area contributed by atoms with Crippen molar-refractivity contribution < 1.29 is 0 Å². The van der Waals surface area contributed by atoms with Gasteiger partial charge < -0.3 is 5.32 Å². The highest BCUT2D eigenvalue weighted by molar-refractivity contribution is 5.17. The summed E-state index contributed by atoms with van der Waals surface area (Å²) < 4.78 is 0. The Morgan fingerprint density at radius 2 is 2.31 bits per heavy atom. The van der Waals surface area contributed by atoms with Gasteiger partial charge >= 0.3 is 0 Å². The molecule has 0 amide bonds. The third-order valence-electron chi connectivity index (χ3n) is 3.36. The number of hydrogen-bond acceptors (Lipinski definition) is 3. The van der Waals surface area contributed by atoms with Gasteiger partial charge in [0.2, 0.25) is 0 Å². The van der Waals surface area contributed by atoms with Crippen molar-refractivity contribution >= 4 is 0 Å². The van der Waals surface area contributed by atoms with Crippen molar-refractivity contribution in [2.45, 2.75) is 39.4 Å². The standard InChI is InChI=1S/C13H21N3/c1-10-5-4-6-14-13(10)9-16-8-11(2)15-7-12(16)3/h4-6,11-12,15H,7-9H2,1-3H3. The van der Waals surface area contributed by atoms with Crippen molar-refractivity contribution in [3.8, 4) is 0 Å². The minimum absolute atomic E-state index is 0.584. The molecule has 2 heterocycles. The second-order valence-corrected chi connectivity index (χ2v) is 4.85. The lowest BCUT2D eigenvalue weighted by molar-refractivity contribution is 0.137. The topological polar surface area (TPSA) is 28.2 Å². The average Bonchev–Trinajstić information content (AvgIpc) is 2.27. The molecule has 1 aromatic rings. The van der Waals surface area contributed by atoms with Crippen molar-refractivity contribution in [1.82, 2.24) is 15.2 Å². The summed E-state index contributed by atoms with van der Waals surface area (Å²) in [6.07, 6.45) is 1.89. The summed E-state index contributed by atoms with van der Waals surface area (Å²) in [6.45, 7) is 9.81. The SMILES string of the molecule is Cc1cccnc1CN1CC(C)NCC1C. The molecule has 2 unspecified atom stereocenters. The summed E-state index contributed by atoms with van der Waals surface area (Å²) >= 11 is 0. The van der Waals surface area contributed by atoms with Gasteiger partial charge in [-0.1, -0.05) is 6.07 Å². The molecule has 0 bridgehead atoms. The van der Waals surface area contributed by atoms with E-state index >= 15 is 0 Å². The molecule has 1 aromatic heterocycles. The Hall–Kier alpha value is -0.930. The van der Waals surface area contributed by atoms with Crippen molar-refractivity contribution in [2.75, 3.05) is 13.1 Å². The Labute approximate surface area is 97.9 Å². The summed E-state index contributed by atoms with van der Waals surface area (Å²) in [7, 11) is 0. The predicted octanol–water partition coefficient (Wildman–Crippen LogP) is 1.57. The third-order valence-corrected chi connectivity index (χ3v) is 3.36. The molecule has 0 radical (unpaired) electrons. The van der Waals surface area contributed by atoms with Crippen LogP contribution < -0.4 is 5.32 Å². The molecule has 3 heteroatoms. The lowest BCUT2D eigenvalue weighted by Crippen LogP contribution is -2.53. The second kappa shape index (κ2) is 4.93. The van der Waals surface area contributed by atoms with Crippen LogP contribution in [0.3, 0.4) is 0 Å². The smallest absolute Gasteiger partial charge is 0.0573 e. The third kappa shape index (κ3) is 2.60. The van der Waals surface area contributed by atoms with E-state index in [9.17, 15) is 0 Å². The lowest BCUT2D eigenvalue weighted by Gasteiger charge is -2.37. The Kier molecular flexibility index (Phi) is 3.56. The zero-order valence-electron chi connectivity index (χ0n) is 10.4. The van der Waals surface area contributed by atoms with E-state index < -0.39 is 0 Å². The van der Waals surface area contributed by atoms with Crippen LogP contribution >= 0.6 is 0 Å². The molecule has 1 saturated heterocycles. The van der Waals surface area contributed by atoms with Gasteiger partial charge in [0.25, 0.3) is 0 Å². The molecule has 2 rings (SSSR count). The van der Waals surface area contributed by atoms with Crippen molar-refractivity contribution in [1.29, 1.82) is 0 Å². The van der Waals surface area contributed by atoms with Crippen LogP contribution in [0.25, 0.3) is 0 Å². The average molecular weight is 219 g/mol. The summed E-state index contributed by atoms with van der Waals surface area (Å²) in [6, 6.07) is 5.32. The number of nitrogens with zero attached hydrogens (tertiary/aromatic N) is 2. The van der Waals surface area contributed by atoms with Crippen molar-refractivity contribution in [3.63, 3.8) is 0 Å². The van der Waals surface area contributed by atoms with Crippen LogP contribution in [0.4, 0.5) is 0 Å². The molecule has 16 heavy (non-hydrogen) atoms. The van der Waals surface area contributed by atoms with Gasteiger partial charge in [-0.15, -0.1) is 0 Å². The monoisotopic (exact) mass is 219 g/mol. The Balaban J connectivity index is 2.06. The zero-order valence-corrected chi connectivity index (χ0v) is 10.4. The number of pyridine rings is 1. The van der Waals surface area contributed by atoms with E-state index in [2.05, 4.69) is 42.0 Å². The molecule has 0 saturated carbocycles. The number of hydrogen-bond donors (Lipinski definition) is 1. The van der Waals surface area contributed by atoms with E-state index in [0.29, 0.717) is 12.1 Å². The minimum Gasteiger partial charge on any atom is -0.311 e. The molecule has 1 aliphatic heterocycles. The van der Waals surface area contributed by atoms with Crippen LogP contribution in [0, 0.1) is 6.92 Å². The number of piperazine rings is 1. The summed E-state index contributed by atoms with van der Waals surface area (Å²) in [5.41, 5.74) is 2.50. The van der Waals surface area contributed by atoms with Gasteiger partial charge in [0.15, 0.2) is 0 Å². The Morgan fingerprint density at radius 1 is 1.50 bits per heavy atom. The first-order valence-corrected chi connectivity index (χ1v) is 6.04. The quantitative estimate of drug-likeness (QED) is 0.818. The number of aryl methyl sites for hydroxylation is 1. The molecule has 0 aromatic carbocycles. The number of aromatic nitrogens is 1. The van der Waals surface area contributed by atoms with Crippen LogP contribution in [-0.2, 0) is 6.54 Å². The predicted molar refractivity (Wildman–Crippen MR) is 66.3 cm³/mol. The second-order valence-electron chi connectivity index (χ2n) is 4.85. The minimum atomic E-state index is 0.584. The van der Waals surface area contributed by atoms with Crippen LogP contribution in [0.1, 0.15) is 25.1 Å². The van der Waals surface area contributed by atoms with Crippen LogP contribution in [0.2, 0.25) is 0 Å². The molecule has 3 nitrogen and oxygen atoms in total. The fourth-order valence-electron chi connectivity index (χ4n) is 2.19. The van der Waals surface area contributed by atoms with Crippen molar-refractivity contribution in [2.24, 2.45) is 0 Å². The zero-order chi connectivity index (χ0) is 11.5. The number of rotatable bonds is 2. The molecule has 0 aliphatic carbocycles. The molecule has 2 atom stereocenters. The summed E-state index contributed by atoms with van der Waals surface area (Å²) in [4.78, 5) is 6.98. The maximum absolute atomic E-state index is 4.47. The van der Waals surface area contributed by atoms with E-state index in [1.54, 1.807) is 0 Å². The molecule has 88 valence electrons. The number of nitrogens with one attached hydrogen (secondary N) is 1. The fourth-order valence-corrected chi connectivity index (χ4v) is 2.19.